The van der Waals surface area contributed by atoms with Crippen molar-refractivity contribution in [2.75, 3.05) is 20.1 Å². The number of piperidine rings is 1. The smallest absolute Gasteiger partial charge is 0.0541 e. The van der Waals surface area contributed by atoms with Gasteiger partial charge >= 0.3 is 0 Å². The summed E-state index contributed by atoms with van der Waals surface area (Å²) in [6.45, 7) is 6.92. The van der Waals surface area contributed by atoms with E-state index in [0.717, 1.165) is 17.9 Å². The molecule has 4 rings (SSSR count). The second-order valence-corrected chi connectivity index (χ2v) is 8.54. The highest BCUT2D eigenvalue weighted by atomic mass is 35.5. The van der Waals surface area contributed by atoms with E-state index in [1.807, 2.05) is 6.20 Å². The van der Waals surface area contributed by atoms with E-state index >= 15 is 0 Å². The van der Waals surface area contributed by atoms with E-state index in [2.05, 4.69) is 50.1 Å². The standard InChI is InChI=1S/C22H27ClN2/c1-15-12-17-5-4-16-13-19(23)6-7-20(16)22(2,21(17)24-14-15)18-8-10-25(3)11-9-18/h6-7,12-14,18H,4-5,8-11H2,1-3H3. The molecule has 2 aromatic rings. The molecule has 0 N–H and O–H groups in total. The van der Waals surface area contributed by atoms with Crippen LogP contribution in [0.3, 0.4) is 0 Å². The zero-order valence-corrected chi connectivity index (χ0v) is 16.2. The highest BCUT2D eigenvalue weighted by Crippen LogP contribution is 2.47. The molecule has 0 amide bonds. The van der Waals surface area contributed by atoms with Gasteiger partial charge in [-0.15, -0.1) is 0 Å². The molecule has 1 aromatic carbocycles. The molecular weight excluding hydrogens is 328 g/mol. The van der Waals surface area contributed by atoms with Crippen LogP contribution in [0, 0.1) is 12.8 Å². The summed E-state index contributed by atoms with van der Waals surface area (Å²) in [7, 11) is 2.23. The maximum absolute atomic E-state index is 6.34. The van der Waals surface area contributed by atoms with Gasteiger partial charge in [-0.1, -0.05) is 23.7 Å². The molecule has 2 aliphatic rings. The van der Waals surface area contributed by atoms with Gasteiger partial charge < -0.3 is 4.90 Å². The summed E-state index contributed by atoms with van der Waals surface area (Å²) in [5.74, 6) is 0.621. The maximum atomic E-state index is 6.34. The highest BCUT2D eigenvalue weighted by molar-refractivity contribution is 6.30. The van der Waals surface area contributed by atoms with E-state index in [0.29, 0.717) is 5.92 Å². The number of fused-ring (bicyclic) bond motifs is 2. The minimum absolute atomic E-state index is 0.0271. The Kier molecular flexibility index (Phi) is 4.37. The van der Waals surface area contributed by atoms with E-state index in [9.17, 15) is 0 Å². The van der Waals surface area contributed by atoms with Crippen LogP contribution in [0.15, 0.2) is 30.5 Å². The van der Waals surface area contributed by atoms with Gasteiger partial charge in [0.25, 0.3) is 0 Å². The Hall–Kier alpha value is -1.38. The number of pyridine rings is 1. The predicted molar refractivity (Wildman–Crippen MR) is 105 cm³/mol. The third-order valence-electron chi connectivity index (χ3n) is 6.42. The van der Waals surface area contributed by atoms with Crippen LogP contribution in [0.25, 0.3) is 0 Å². The fourth-order valence-corrected chi connectivity index (χ4v) is 5.15. The zero-order chi connectivity index (χ0) is 17.6. The molecule has 0 spiro atoms. The maximum Gasteiger partial charge on any atom is 0.0541 e. The molecule has 3 heteroatoms. The molecule has 1 saturated heterocycles. The molecule has 2 heterocycles. The average molecular weight is 355 g/mol. The molecule has 2 nitrogen and oxygen atoms in total. The van der Waals surface area contributed by atoms with Gasteiger partial charge in [-0.05, 0) is 100.0 Å². The van der Waals surface area contributed by atoms with Gasteiger partial charge in [-0.2, -0.15) is 0 Å². The van der Waals surface area contributed by atoms with Crippen LogP contribution >= 0.6 is 11.6 Å². The van der Waals surface area contributed by atoms with Gasteiger partial charge in [0.05, 0.1) is 5.69 Å². The van der Waals surface area contributed by atoms with Crippen LogP contribution in [0.2, 0.25) is 5.02 Å². The van der Waals surface area contributed by atoms with Crippen molar-refractivity contribution < 1.29 is 0 Å². The van der Waals surface area contributed by atoms with Crippen molar-refractivity contribution in [2.24, 2.45) is 5.92 Å². The minimum atomic E-state index is -0.0271. The first kappa shape index (κ1) is 17.1. The number of benzene rings is 1. The Labute approximate surface area is 156 Å². The van der Waals surface area contributed by atoms with Crippen LogP contribution in [-0.2, 0) is 18.3 Å². The summed E-state index contributed by atoms with van der Waals surface area (Å²) in [5.41, 5.74) is 6.81. The van der Waals surface area contributed by atoms with Crippen molar-refractivity contribution in [2.45, 2.75) is 44.9 Å². The van der Waals surface area contributed by atoms with Crippen molar-refractivity contribution in [3.8, 4) is 0 Å². The number of halogens is 1. The molecule has 132 valence electrons. The summed E-state index contributed by atoms with van der Waals surface area (Å²) in [6.07, 6.45) is 6.61. The predicted octanol–water partition coefficient (Wildman–Crippen LogP) is 4.79. The van der Waals surface area contributed by atoms with E-state index in [4.69, 9.17) is 16.6 Å². The van der Waals surface area contributed by atoms with Gasteiger partial charge in [-0.25, -0.2) is 0 Å². The Morgan fingerprint density at radius 1 is 1.12 bits per heavy atom. The number of hydrogen-bond donors (Lipinski definition) is 0. The lowest BCUT2D eigenvalue weighted by atomic mass is 9.64. The molecule has 0 saturated carbocycles. The van der Waals surface area contributed by atoms with E-state index in [-0.39, 0.29) is 5.41 Å². The zero-order valence-electron chi connectivity index (χ0n) is 15.5. The average Bonchev–Trinajstić information content (AvgIpc) is 2.71. The molecule has 1 aliphatic heterocycles. The number of rotatable bonds is 1. The Balaban J connectivity index is 1.91. The number of aryl methyl sites for hydroxylation is 3. The van der Waals surface area contributed by atoms with E-state index in [1.54, 1.807) is 0 Å². The van der Waals surface area contributed by atoms with Gasteiger partial charge in [0.1, 0.15) is 0 Å². The van der Waals surface area contributed by atoms with Crippen molar-refractivity contribution in [3.63, 3.8) is 0 Å². The second-order valence-electron chi connectivity index (χ2n) is 8.10. The van der Waals surface area contributed by atoms with Gasteiger partial charge in [0.15, 0.2) is 0 Å². The summed E-state index contributed by atoms with van der Waals surface area (Å²) in [5, 5.41) is 0.847. The van der Waals surface area contributed by atoms with Crippen LogP contribution < -0.4 is 0 Å². The van der Waals surface area contributed by atoms with Crippen molar-refractivity contribution in [3.05, 3.63) is 63.4 Å². The third kappa shape index (κ3) is 2.90. The molecule has 25 heavy (non-hydrogen) atoms. The van der Waals surface area contributed by atoms with E-state index < -0.39 is 0 Å². The quantitative estimate of drug-likeness (QED) is 0.732. The van der Waals surface area contributed by atoms with E-state index in [1.165, 1.54) is 53.9 Å². The van der Waals surface area contributed by atoms with Crippen molar-refractivity contribution in [1.29, 1.82) is 0 Å². The number of likely N-dealkylation sites (tertiary alicyclic amines) is 1. The summed E-state index contributed by atoms with van der Waals surface area (Å²) in [6, 6.07) is 8.87. The van der Waals surface area contributed by atoms with Gasteiger partial charge in [-0.3, -0.25) is 4.98 Å². The molecule has 0 bridgehead atoms. The normalized spacial score (nSPS) is 24.5. The first-order valence-electron chi connectivity index (χ1n) is 9.42. The summed E-state index contributed by atoms with van der Waals surface area (Å²) >= 11 is 6.34. The SMILES string of the molecule is Cc1cnc2c(c1)CCc1cc(Cl)ccc1C2(C)C1CCN(C)CC1. The summed E-state index contributed by atoms with van der Waals surface area (Å²) < 4.78 is 0. The molecule has 1 aromatic heterocycles. The van der Waals surface area contributed by atoms with Crippen LogP contribution in [0.5, 0.6) is 0 Å². The lowest BCUT2D eigenvalue weighted by Crippen LogP contribution is -2.42. The van der Waals surface area contributed by atoms with Gasteiger partial charge in [0, 0.05) is 16.6 Å². The van der Waals surface area contributed by atoms with Crippen molar-refractivity contribution >= 4 is 11.6 Å². The van der Waals surface area contributed by atoms with Crippen molar-refractivity contribution in [1.82, 2.24) is 9.88 Å². The monoisotopic (exact) mass is 354 g/mol. The number of aromatic nitrogens is 1. The Bertz CT molecular complexity index is 737. The Morgan fingerprint density at radius 2 is 1.84 bits per heavy atom. The first-order valence-corrected chi connectivity index (χ1v) is 9.79. The lowest BCUT2D eigenvalue weighted by molar-refractivity contribution is 0.170. The topological polar surface area (TPSA) is 16.1 Å². The van der Waals surface area contributed by atoms with Crippen LogP contribution in [0.4, 0.5) is 0 Å². The molecule has 1 atom stereocenters. The number of nitrogens with zero attached hydrogens (tertiary/aromatic N) is 2. The highest BCUT2D eigenvalue weighted by Gasteiger charge is 2.43. The van der Waals surface area contributed by atoms with Crippen LogP contribution in [0.1, 0.15) is 47.7 Å². The molecule has 1 fully saturated rings. The lowest BCUT2D eigenvalue weighted by Gasteiger charge is -2.43. The molecule has 1 unspecified atom stereocenters. The largest absolute Gasteiger partial charge is 0.306 e. The van der Waals surface area contributed by atoms with Gasteiger partial charge in [0.2, 0.25) is 0 Å². The minimum Gasteiger partial charge on any atom is -0.306 e. The fourth-order valence-electron chi connectivity index (χ4n) is 4.96. The van der Waals surface area contributed by atoms with Crippen LogP contribution in [-0.4, -0.2) is 30.0 Å². The fraction of sp³-hybridized carbons (Fsp3) is 0.500. The molecular formula is C22H27ClN2. The first-order chi connectivity index (χ1) is 12.0. The summed E-state index contributed by atoms with van der Waals surface area (Å²) in [4.78, 5) is 7.45. The number of hydrogen-bond acceptors (Lipinski definition) is 2. The molecule has 1 aliphatic carbocycles. The molecule has 0 radical (unpaired) electrons. The Morgan fingerprint density at radius 3 is 2.60 bits per heavy atom. The second kappa shape index (κ2) is 6.41. The third-order valence-corrected chi connectivity index (χ3v) is 6.66.